The number of alkyl halides is 3. The van der Waals surface area contributed by atoms with Crippen LogP contribution in [-0.4, -0.2) is 40.2 Å². The number of hydrogen-bond donors (Lipinski definition) is 0. The molecule has 1 amide bonds. The van der Waals surface area contributed by atoms with Crippen molar-refractivity contribution in [3.63, 3.8) is 0 Å². The minimum Gasteiger partial charge on any atom is -0.356 e. The molecule has 1 fully saturated rings. The fourth-order valence-electron chi connectivity index (χ4n) is 3.80. The van der Waals surface area contributed by atoms with Gasteiger partial charge >= 0.3 is 6.18 Å². The summed E-state index contributed by atoms with van der Waals surface area (Å²) in [4.78, 5) is 22.1. The smallest absolute Gasteiger partial charge is 0.356 e. The van der Waals surface area contributed by atoms with Crippen LogP contribution in [0.1, 0.15) is 36.6 Å². The molecule has 6 nitrogen and oxygen atoms in total. The third-order valence-electron chi connectivity index (χ3n) is 5.35. The van der Waals surface area contributed by atoms with Crippen LogP contribution in [0.5, 0.6) is 0 Å². The summed E-state index contributed by atoms with van der Waals surface area (Å²) in [6.45, 7) is 0.913. The van der Waals surface area contributed by atoms with E-state index < -0.39 is 11.9 Å². The molecule has 29 heavy (non-hydrogen) atoms. The Morgan fingerprint density at radius 1 is 1.07 bits per heavy atom. The highest BCUT2D eigenvalue weighted by Gasteiger charge is 2.36. The number of anilines is 1. The molecule has 0 radical (unpaired) electrons. The molecule has 4 rings (SSSR count). The molecule has 2 aromatic rings. The Bertz CT molecular complexity index is 894. The third kappa shape index (κ3) is 4.08. The van der Waals surface area contributed by atoms with Crippen LogP contribution in [0.2, 0.25) is 0 Å². The van der Waals surface area contributed by atoms with E-state index in [-0.39, 0.29) is 23.7 Å². The van der Waals surface area contributed by atoms with Crippen molar-refractivity contribution in [2.75, 3.05) is 18.0 Å². The molecular formula is C20H20F3N5O. The third-order valence-corrected chi connectivity index (χ3v) is 5.35. The highest BCUT2D eigenvalue weighted by Crippen LogP contribution is 2.33. The minimum atomic E-state index is -4.51. The monoisotopic (exact) mass is 403 g/mol. The van der Waals surface area contributed by atoms with Gasteiger partial charge in [-0.3, -0.25) is 4.79 Å². The average Bonchev–Trinajstić information content (AvgIpc) is 3.23. The molecule has 0 N–H and O–H groups in total. The zero-order valence-corrected chi connectivity index (χ0v) is 15.6. The fraction of sp³-hybridized carbons (Fsp3) is 0.400. The van der Waals surface area contributed by atoms with Crippen LogP contribution in [0, 0.1) is 5.92 Å². The number of carbonyl (C=O) groups excluding carboxylic acids is 1. The Balaban J connectivity index is 1.41. The van der Waals surface area contributed by atoms with Gasteiger partial charge in [0.25, 0.3) is 0 Å². The van der Waals surface area contributed by atoms with E-state index in [1.165, 1.54) is 0 Å². The first-order valence-corrected chi connectivity index (χ1v) is 9.48. The Labute approximate surface area is 166 Å². The number of aromatic nitrogens is 2. The van der Waals surface area contributed by atoms with Gasteiger partial charge in [0.15, 0.2) is 0 Å². The SMILES string of the molecule is O=C(C1CCN(c2cc(C(F)(F)F)ncn2)CC1)N1N=CCC1c1ccccc1. The van der Waals surface area contributed by atoms with E-state index in [0.717, 1.165) is 18.0 Å². The second kappa shape index (κ2) is 7.81. The molecular weight excluding hydrogens is 383 g/mol. The summed E-state index contributed by atoms with van der Waals surface area (Å²) in [6.07, 6.45) is -0.0690. The van der Waals surface area contributed by atoms with Crippen molar-refractivity contribution >= 4 is 17.9 Å². The number of halogens is 3. The number of hydrogen-bond acceptors (Lipinski definition) is 5. The summed E-state index contributed by atoms with van der Waals surface area (Å²) < 4.78 is 38.6. The van der Waals surface area contributed by atoms with E-state index in [9.17, 15) is 18.0 Å². The van der Waals surface area contributed by atoms with Crippen molar-refractivity contribution < 1.29 is 18.0 Å². The van der Waals surface area contributed by atoms with Gasteiger partial charge in [0.2, 0.25) is 5.91 Å². The first-order chi connectivity index (χ1) is 13.9. The maximum atomic E-state index is 13.0. The fourth-order valence-corrected chi connectivity index (χ4v) is 3.80. The summed E-state index contributed by atoms with van der Waals surface area (Å²) in [6, 6.07) is 10.6. The first-order valence-electron chi connectivity index (χ1n) is 9.48. The molecule has 0 saturated carbocycles. The summed E-state index contributed by atoms with van der Waals surface area (Å²) in [5.74, 6) is -0.0119. The Kier molecular flexibility index (Phi) is 5.21. The summed E-state index contributed by atoms with van der Waals surface area (Å²) in [7, 11) is 0. The van der Waals surface area contributed by atoms with Gasteiger partial charge in [0, 0.05) is 37.7 Å². The number of nitrogens with zero attached hydrogens (tertiary/aromatic N) is 5. The normalized spacial score (nSPS) is 20.3. The number of piperidine rings is 1. The van der Waals surface area contributed by atoms with E-state index in [1.807, 2.05) is 30.3 Å². The van der Waals surface area contributed by atoms with Crippen molar-refractivity contribution in [1.82, 2.24) is 15.0 Å². The van der Waals surface area contributed by atoms with Gasteiger partial charge in [-0.2, -0.15) is 18.3 Å². The van der Waals surface area contributed by atoms with Crippen molar-refractivity contribution in [2.45, 2.75) is 31.5 Å². The van der Waals surface area contributed by atoms with Gasteiger partial charge in [-0.15, -0.1) is 0 Å². The molecule has 1 atom stereocenters. The lowest BCUT2D eigenvalue weighted by Crippen LogP contribution is -2.41. The maximum Gasteiger partial charge on any atom is 0.433 e. The Morgan fingerprint density at radius 2 is 1.79 bits per heavy atom. The summed E-state index contributed by atoms with van der Waals surface area (Å²) >= 11 is 0. The van der Waals surface area contributed by atoms with Gasteiger partial charge in [-0.25, -0.2) is 15.0 Å². The van der Waals surface area contributed by atoms with Crippen LogP contribution in [-0.2, 0) is 11.0 Å². The second-order valence-corrected chi connectivity index (χ2v) is 7.16. The van der Waals surface area contributed by atoms with Crippen LogP contribution in [0.4, 0.5) is 19.0 Å². The molecule has 2 aliphatic rings. The van der Waals surface area contributed by atoms with Crippen LogP contribution < -0.4 is 4.90 Å². The van der Waals surface area contributed by atoms with Gasteiger partial charge in [0.1, 0.15) is 17.8 Å². The Hall–Kier alpha value is -2.97. The minimum absolute atomic E-state index is 0.0362. The highest BCUT2D eigenvalue weighted by molar-refractivity contribution is 5.82. The molecule has 1 saturated heterocycles. The van der Waals surface area contributed by atoms with Crippen LogP contribution in [0.15, 0.2) is 47.8 Å². The topological polar surface area (TPSA) is 61.7 Å². The molecule has 0 bridgehead atoms. The lowest BCUT2D eigenvalue weighted by molar-refractivity contribution is -0.141. The predicted molar refractivity (Wildman–Crippen MR) is 101 cm³/mol. The van der Waals surface area contributed by atoms with Crippen LogP contribution in [0.3, 0.4) is 0 Å². The number of carbonyl (C=O) groups is 1. The largest absolute Gasteiger partial charge is 0.433 e. The quantitative estimate of drug-likeness (QED) is 0.785. The van der Waals surface area contributed by atoms with Crippen molar-refractivity contribution in [1.29, 1.82) is 0 Å². The predicted octanol–water partition coefficient (Wildman–Crippen LogP) is 3.67. The molecule has 0 aliphatic carbocycles. The van der Waals surface area contributed by atoms with Crippen molar-refractivity contribution in [3.05, 3.63) is 54.0 Å². The van der Waals surface area contributed by atoms with Crippen LogP contribution >= 0.6 is 0 Å². The number of hydrazone groups is 1. The zero-order chi connectivity index (χ0) is 20.4. The molecule has 0 spiro atoms. The molecule has 3 heterocycles. The van der Waals surface area contributed by atoms with Gasteiger partial charge in [-0.1, -0.05) is 30.3 Å². The zero-order valence-electron chi connectivity index (χ0n) is 15.6. The van der Waals surface area contributed by atoms with Gasteiger partial charge in [0.05, 0.1) is 6.04 Å². The molecule has 1 aromatic carbocycles. The van der Waals surface area contributed by atoms with E-state index in [2.05, 4.69) is 15.1 Å². The number of benzene rings is 1. The number of rotatable bonds is 3. The molecule has 152 valence electrons. The maximum absolute atomic E-state index is 13.0. The number of amides is 1. The van der Waals surface area contributed by atoms with Crippen molar-refractivity contribution in [3.8, 4) is 0 Å². The van der Waals surface area contributed by atoms with Gasteiger partial charge < -0.3 is 4.90 Å². The summed E-state index contributed by atoms with van der Waals surface area (Å²) in [5, 5.41) is 5.84. The second-order valence-electron chi connectivity index (χ2n) is 7.16. The van der Waals surface area contributed by atoms with E-state index in [4.69, 9.17) is 0 Å². The van der Waals surface area contributed by atoms with Crippen molar-refractivity contribution in [2.24, 2.45) is 11.0 Å². The Morgan fingerprint density at radius 3 is 2.48 bits per heavy atom. The van der Waals surface area contributed by atoms with E-state index in [1.54, 1.807) is 16.1 Å². The van der Waals surface area contributed by atoms with Gasteiger partial charge in [-0.05, 0) is 18.4 Å². The molecule has 2 aliphatic heterocycles. The van der Waals surface area contributed by atoms with Crippen LogP contribution in [0.25, 0.3) is 0 Å². The highest BCUT2D eigenvalue weighted by atomic mass is 19.4. The first kappa shape index (κ1) is 19.4. The molecule has 1 unspecified atom stereocenters. The lowest BCUT2D eigenvalue weighted by Gasteiger charge is -2.34. The standard InChI is InChI=1S/C20H20F3N5O/c21-20(22,23)17-12-18(25-13-24-17)27-10-7-15(8-11-27)19(29)28-16(6-9-26-28)14-4-2-1-3-5-14/h1-5,9,12-13,15-16H,6-8,10-11H2. The lowest BCUT2D eigenvalue weighted by atomic mass is 9.94. The summed E-state index contributed by atoms with van der Waals surface area (Å²) in [5.41, 5.74) is 0.0780. The molecule has 9 heteroatoms. The van der Waals surface area contributed by atoms with E-state index >= 15 is 0 Å². The average molecular weight is 403 g/mol. The molecule has 1 aromatic heterocycles. The van der Waals surface area contributed by atoms with E-state index in [0.29, 0.717) is 32.4 Å².